The highest BCUT2D eigenvalue weighted by Gasteiger charge is 2.31. The average molecular weight is 450 g/mol. The quantitative estimate of drug-likeness (QED) is 0.602. The lowest BCUT2D eigenvalue weighted by Gasteiger charge is -2.17. The van der Waals surface area contributed by atoms with Crippen molar-refractivity contribution in [2.45, 2.75) is 23.5 Å². The number of carbonyl (C=O) groups is 2. The van der Waals surface area contributed by atoms with E-state index in [1.807, 2.05) is 4.72 Å². The van der Waals surface area contributed by atoms with Crippen LogP contribution in [-0.4, -0.2) is 33.9 Å². The third kappa shape index (κ3) is 6.54. The second-order valence-electron chi connectivity index (χ2n) is 5.77. The molecule has 12 heteroatoms. The number of rotatable bonds is 8. The van der Waals surface area contributed by atoms with E-state index < -0.39 is 51.1 Å². The molecule has 0 aliphatic carbocycles. The number of alkyl halides is 3. The van der Waals surface area contributed by atoms with Crippen molar-refractivity contribution in [3.8, 4) is 0 Å². The molecule has 1 amide bonds. The first-order valence-corrected chi connectivity index (χ1v) is 10.5. The minimum Gasteiger partial charge on any atom is -0.469 e. The van der Waals surface area contributed by atoms with Crippen molar-refractivity contribution < 1.29 is 35.9 Å². The van der Waals surface area contributed by atoms with Crippen LogP contribution in [0.3, 0.4) is 0 Å². The van der Waals surface area contributed by atoms with E-state index in [0.717, 1.165) is 18.2 Å². The molecule has 0 radical (unpaired) electrons. The molecule has 1 aromatic heterocycles. The lowest BCUT2D eigenvalue weighted by Crippen LogP contribution is -2.39. The van der Waals surface area contributed by atoms with E-state index in [-0.39, 0.29) is 6.42 Å². The number of benzene rings is 1. The van der Waals surface area contributed by atoms with Crippen LogP contribution in [0.15, 0.2) is 46.7 Å². The van der Waals surface area contributed by atoms with Crippen molar-refractivity contribution in [3.63, 3.8) is 0 Å². The lowest BCUT2D eigenvalue weighted by molar-refractivity contribution is -0.141. The molecule has 29 heavy (non-hydrogen) atoms. The van der Waals surface area contributed by atoms with Crippen molar-refractivity contribution in [1.82, 2.24) is 10.0 Å². The summed E-state index contributed by atoms with van der Waals surface area (Å²) in [5.74, 6) is -1.34. The van der Waals surface area contributed by atoms with Gasteiger partial charge in [-0.2, -0.15) is 13.2 Å². The molecule has 0 aliphatic rings. The third-order valence-corrected chi connectivity index (χ3v) is 6.10. The van der Waals surface area contributed by atoms with Gasteiger partial charge in [-0.25, -0.2) is 13.1 Å². The molecule has 2 aromatic rings. The third-order valence-electron chi connectivity index (χ3n) is 3.71. The predicted octanol–water partition coefficient (Wildman–Crippen LogP) is 2.47. The van der Waals surface area contributed by atoms with Gasteiger partial charge in [0.25, 0.3) is 0 Å². The number of sulfonamides is 1. The van der Waals surface area contributed by atoms with Gasteiger partial charge in [0.2, 0.25) is 15.9 Å². The van der Waals surface area contributed by atoms with E-state index in [0.29, 0.717) is 10.9 Å². The number of halogens is 3. The van der Waals surface area contributed by atoms with Crippen LogP contribution in [0, 0.1) is 0 Å². The molecule has 0 bridgehead atoms. The fourth-order valence-corrected chi connectivity index (χ4v) is 4.10. The minimum absolute atomic E-state index is 0.164. The summed E-state index contributed by atoms with van der Waals surface area (Å²) in [7, 11) is -3.16. The van der Waals surface area contributed by atoms with E-state index in [2.05, 4.69) is 10.1 Å². The summed E-state index contributed by atoms with van der Waals surface area (Å²) < 4.78 is 69.3. The van der Waals surface area contributed by atoms with Crippen molar-refractivity contribution in [2.75, 3.05) is 13.7 Å². The Bertz CT molecular complexity index is 960. The summed E-state index contributed by atoms with van der Waals surface area (Å²) in [6.07, 6.45) is -4.87. The van der Waals surface area contributed by atoms with Crippen LogP contribution in [0.25, 0.3) is 0 Å². The summed E-state index contributed by atoms with van der Waals surface area (Å²) in [5, 5.41) is 4.25. The summed E-state index contributed by atoms with van der Waals surface area (Å²) in [6.45, 7) is -0.721. The summed E-state index contributed by atoms with van der Waals surface area (Å²) in [6, 6.07) is 5.84. The van der Waals surface area contributed by atoms with Crippen LogP contribution in [-0.2, 0) is 30.5 Å². The molecular weight excluding hydrogens is 433 g/mol. The number of nitrogens with one attached hydrogen (secondary N) is 2. The maximum absolute atomic E-state index is 12.8. The Hall–Kier alpha value is -2.44. The number of thiophene rings is 1. The van der Waals surface area contributed by atoms with Crippen LogP contribution in [0.5, 0.6) is 0 Å². The Labute approximate surface area is 168 Å². The second kappa shape index (κ2) is 9.37. The number of hydrogen-bond donors (Lipinski definition) is 2. The average Bonchev–Trinajstić information content (AvgIpc) is 3.20. The van der Waals surface area contributed by atoms with Crippen LogP contribution >= 0.6 is 11.3 Å². The summed E-state index contributed by atoms with van der Waals surface area (Å²) >= 11 is 1.28. The molecule has 1 heterocycles. The van der Waals surface area contributed by atoms with Gasteiger partial charge in [-0.1, -0.05) is 12.1 Å². The fourth-order valence-electron chi connectivity index (χ4n) is 2.29. The zero-order valence-corrected chi connectivity index (χ0v) is 16.7. The largest absolute Gasteiger partial charge is 0.469 e. The van der Waals surface area contributed by atoms with Crippen molar-refractivity contribution >= 4 is 33.2 Å². The number of hydrogen-bond acceptors (Lipinski definition) is 6. The molecule has 1 atom stereocenters. The van der Waals surface area contributed by atoms with E-state index in [9.17, 15) is 31.2 Å². The van der Waals surface area contributed by atoms with Gasteiger partial charge in [0.05, 0.1) is 36.6 Å². The Kier molecular flexibility index (Phi) is 7.38. The lowest BCUT2D eigenvalue weighted by atomic mass is 10.1. The zero-order chi connectivity index (χ0) is 21.7. The molecule has 158 valence electrons. The van der Waals surface area contributed by atoms with E-state index >= 15 is 0 Å². The maximum atomic E-state index is 12.8. The smallest absolute Gasteiger partial charge is 0.416 e. The van der Waals surface area contributed by atoms with Gasteiger partial charge in [-0.3, -0.25) is 9.59 Å². The van der Waals surface area contributed by atoms with Crippen molar-refractivity contribution in [1.29, 1.82) is 0 Å². The Morgan fingerprint density at radius 3 is 2.52 bits per heavy atom. The molecular formula is C17H17F3N2O5S2. The van der Waals surface area contributed by atoms with E-state index in [1.165, 1.54) is 18.4 Å². The number of amides is 1. The highest BCUT2D eigenvalue weighted by Crippen LogP contribution is 2.30. The minimum atomic E-state index is -4.70. The molecule has 0 spiro atoms. The molecule has 0 saturated heterocycles. The van der Waals surface area contributed by atoms with Crippen LogP contribution in [0.2, 0.25) is 0 Å². The predicted molar refractivity (Wildman–Crippen MR) is 98.5 cm³/mol. The molecule has 0 aliphatic heterocycles. The highest BCUT2D eigenvalue weighted by molar-refractivity contribution is 7.89. The van der Waals surface area contributed by atoms with Crippen LogP contribution in [0.1, 0.15) is 22.9 Å². The monoisotopic (exact) mass is 450 g/mol. The molecule has 2 rings (SSSR count). The maximum Gasteiger partial charge on any atom is 0.416 e. The Morgan fingerprint density at radius 2 is 1.93 bits per heavy atom. The first kappa shape index (κ1) is 22.8. The van der Waals surface area contributed by atoms with Gasteiger partial charge in [0.15, 0.2) is 0 Å². The molecule has 2 N–H and O–H groups in total. The van der Waals surface area contributed by atoms with Crippen LogP contribution in [0.4, 0.5) is 13.2 Å². The number of ether oxygens (including phenoxy) is 1. The van der Waals surface area contributed by atoms with Gasteiger partial charge in [0.1, 0.15) is 0 Å². The summed E-state index contributed by atoms with van der Waals surface area (Å²) in [5.41, 5.74) is -1.12. The van der Waals surface area contributed by atoms with Gasteiger partial charge in [-0.05, 0) is 29.6 Å². The standard InChI is InChI=1S/C17H17F3N2O5S2/c1-27-16(24)9-13(14-6-3-7-28-14)22-15(23)10-21-29(25,26)12-5-2-4-11(8-12)17(18,19)20/h2-8,13,21H,9-10H2,1H3,(H,22,23). The first-order valence-electron chi connectivity index (χ1n) is 8.09. The Balaban J connectivity index is 2.06. The molecule has 0 saturated carbocycles. The van der Waals surface area contributed by atoms with E-state index in [4.69, 9.17) is 0 Å². The molecule has 7 nitrogen and oxygen atoms in total. The first-order chi connectivity index (χ1) is 13.5. The summed E-state index contributed by atoms with van der Waals surface area (Å²) in [4.78, 5) is 23.7. The number of methoxy groups -OCH3 is 1. The molecule has 1 unspecified atom stereocenters. The SMILES string of the molecule is COC(=O)CC(NC(=O)CNS(=O)(=O)c1cccc(C(F)(F)F)c1)c1cccs1. The topological polar surface area (TPSA) is 102 Å². The van der Waals surface area contributed by atoms with Gasteiger partial charge in [0, 0.05) is 4.88 Å². The Morgan fingerprint density at radius 1 is 1.21 bits per heavy atom. The fraction of sp³-hybridized carbons (Fsp3) is 0.294. The van der Waals surface area contributed by atoms with Gasteiger partial charge in [-0.15, -0.1) is 11.3 Å². The zero-order valence-electron chi connectivity index (χ0n) is 15.0. The van der Waals surface area contributed by atoms with Gasteiger partial charge >= 0.3 is 12.1 Å². The van der Waals surface area contributed by atoms with Crippen molar-refractivity contribution in [2.24, 2.45) is 0 Å². The molecule has 1 aromatic carbocycles. The highest BCUT2D eigenvalue weighted by atomic mass is 32.2. The second-order valence-corrected chi connectivity index (χ2v) is 8.51. The van der Waals surface area contributed by atoms with Crippen LogP contribution < -0.4 is 10.0 Å². The van der Waals surface area contributed by atoms with E-state index in [1.54, 1.807) is 17.5 Å². The van der Waals surface area contributed by atoms with Crippen molar-refractivity contribution in [3.05, 3.63) is 52.2 Å². The molecule has 0 fully saturated rings. The number of esters is 1. The van der Waals surface area contributed by atoms with Gasteiger partial charge < -0.3 is 10.1 Å². The normalized spacial score (nSPS) is 13.0. The number of carbonyl (C=O) groups excluding carboxylic acids is 2.